The molecule has 0 aliphatic carbocycles. The highest BCUT2D eigenvalue weighted by Gasteiger charge is 2.05. The summed E-state index contributed by atoms with van der Waals surface area (Å²) in [5, 5.41) is 11.7. The molecule has 0 saturated heterocycles. The summed E-state index contributed by atoms with van der Waals surface area (Å²) >= 11 is 0. The van der Waals surface area contributed by atoms with E-state index in [-0.39, 0.29) is 11.8 Å². The Morgan fingerprint density at radius 1 is 1.43 bits per heavy atom. The molecule has 0 aliphatic rings. The van der Waals surface area contributed by atoms with E-state index in [2.05, 4.69) is 5.32 Å². The molecule has 2 N–H and O–H groups in total. The van der Waals surface area contributed by atoms with E-state index in [9.17, 15) is 4.79 Å². The van der Waals surface area contributed by atoms with Crippen LogP contribution in [0.1, 0.15) is 6.92 Å². The highest BCUT2D eigenvalue weighted by molar-refractivity contribution is 5.89. The largest absolute Gasteiger partial charge is 0.508 e. The number of phenols is 1. The zero-order chi connectivity index (χ0) is 10.6. The van der Waals surface area contributed by atoms with Gasteiger partial charge in [0.05, 0.1) is 0 Å². The van der Waals surface area contributed by atoms with Crippen molar-refractivity contribution in [2.45, 2.75) is 6.92 Å². The second-order valence-corrected chi connectivity index (χ2v) is 2.99. The smallest absolute Gasteiger partial charge is 0.321 e. The van der Waals surface area contributed by atoms with E-state index in [1.54, 1.807) is 24.1 Å². The van der Waals surface area contributed by atoms with Crippen LogP contribution in [0.3, 0.4) is 0 Å². The molecule has 14 heavy (non-hydrogen) atoms. The first-order valence-corrected chi connectivity index (χ1v) is 4.44. The normalized spacial score (nSPS) is 9.57. The number of carbonyl (C=O) groups excluding carboxylic acids is 1. The Labute approximate surface area is 83.2 Å². The number of amides is 2. The average molecular weight is 194 g/mol. The minimum atomic E-state index is -0.154. The van der Waals surface area contributed by atoms with Crippen LogP contribution in [-0.2, 0) is 0 Å². The SMILES string of the molecule is CCN(C)C(=O)Nc1ccc(O)cc1. The molecule has 0 aromatic heterocycles. The number of anilines is 1. The summed E-state index contributed by atoms with van der Waals surface area (Å²) < 4.78 is 0. The summed E-state index contributed by atoms with van der Waals surface area (Å²) in [5.74, 6) is 0.187. The number of urea groups is 1. The van der Waals surface area contributed by atoms with Gasteiger partial charge in [-0.25, -0.2) is 4.79 Å². The lowest BCUT2D eigenvalue weighted by atomic mass is 10.3. The molecule has 0 spiro atoms. The minimum Gasteiger partial charge on any atom is -0.508 e. The predicted octanol–water partition coefficient (Wildman–Crippen LogP) is 1.88. The van der Waals surface area contributed by atoms with Crippen LogP contribution in [0.4, 0.5) is 10.5 Å². The number of rotatable bonds is 2. The number of nitrogens with one attached hydrogen (secondary N) is 1. The maximum Gasteiger partial charge on any atom is 0.321 e. The maximum absolute atomic E-state index is 11.4. The fourth-order valence-corrected chi connectivity index (χ4v) is 0.907. The second-order valence-electron chi connectivity index (χ2n) is 2.99. The molecule has 4 nitrogen and oxygen atoms in total. The molecule has 0 unspecified atom stereocenters. The Hall–Kier alpha value is -1.71. The Kier molecular flexibility index (Phi) is 3.34. The van der Waals surface area contributed by atoms with E-state index in [0.29, 0.717) is 12.2 Å². The van der Waals surface area contributed by atoms with Gasteiger partial charge in [-0.05, 0) is 31.2 Å². The zero-order valence-electron chi connectivity index (χ0n) is 8.32. The Balaban J connectivity index is 2.60. The van der Waals surface area contributed by atoms with Crippen molar-refractivity contribution in [2.24, 2.45) is 0 Å². The lowest BCUT2D eigenvalue weighted by Gasteiger charge is -2.15. The molecule has 0 saturated carbocycles. The van der Waals surface area contributed by atoms with Gasteiger partial charge in [0.2, 0.25) is 0 Å². The summed E-state index contributed by atoms with van der Waals surface area (Å²) in [6.07, 6.45) is 0. The van der Waals surface area contributed by atoms with Crippen molar-refractivity contribution in [3.63, 3.8) is 0 Å². The highest BCUT2D eigenvalue weighted by Crippen LogP contribution is 2.13. The van der Waals surface area contributed by atoms with Crippen molar-refractivity contribution in [3.8, 4) is 5.75 Å². The standard InChI is InChI=1S/C10H14N2O2/c1-3-12(2)10(14)11-8-4-6-9(13)7-5-8/h4-7,13H,3H2,1-2H3,(H,11,14). The predicted molar refractivity (Wildman–Crippen MR) is 55.4 cm³/mol. The van der Waals surface area contributed by atoms with E-state index in [1.165, 1.54) is 12.1 Å². The number of phenolic OH excluding ortho intramolecular Hbond substituents is 1. The van der Waals surface area contributed by atoms with Crippen LogP contribution < -0.4 is 5.32 Å². The fraction of sp³-hybridized carbons (Fsp3) is 0.300. The number of hydrogen-bond donors (Lipinski definition) is 2. The second kappa shape index (κ2) is 4.50. The lowest BCUT2D eigenvalue weighted by Crippen LogP contribution is -2.30. The first-order chi connectivity index (χ1) is 6.63. The molecule has 4 heteroatoms. The van der Waals surface area contributed by atoms with E-state index in [1.807, 2.05) is 6.92 Å². The van der Waals surface area contributed by atoms with Gasteiger partial charge in [0.25, 0.3) is 0 Å². The number of carbonyl (C=O) groups is 1. The van der Waals surface area contributed by atoms with Crippen LogP contribution in [0.15, 0.2) is 24.3 Å². The molecule has 1 aromatic rings. The van der Waals surface area contributed by atoms with Crippen LogP contribution >= 0.6 is 0 Å². The zero-order valence-corrected chi connectivity index (χ0v) is 8.32. The van der Waals surface area contributed by atoms with Gasteiger partial charge in [-0.15, -0.1) is 0 Å². The monoisotopic (exact) mass is 194 g/mol. The molecule has 2 amide bonds. The fourth-order valence-electron chi connectivity index (χ4n) is 0.907. The summed E-state index contributed by atoms with van der Waals surface area (Å²) in [7, 11) is 1.72. The third-order valence-corrected chi connectivity index (χ3v) is 1.94. The maximum atomic E-state index is 11.4. The Bertz CT molecular complexity index is 308. The van der Waals surface area contributed by atoms with Crippen molar-refractivity contribution in [1.82, 2.24) is 4.90 Å². The van der Waals surface area contributed by atoms with E-state index < -0.39 is 0 Å². The molecule has 0 heterocycles. The molecule has 0 bridgehead atoms. The lowest BCUT2D eigenvalue weighted by molar-refractivity contribution is 0.224. The average Bonchev–Trinajstić information content (AvgIpc) is 2.20. The number of nitrogens with zero attached hydrogens (tertiary/aromatic N) is 1. The van der Waals surface area contributed by atoms with Gasteiger partial charge in [-0.2, -0.15) is 0 Å². The van der Waals surface area contributed by atoms with Gasteiger partial charge in [0.1, 0.15) is 5.75 Å². The van der Waals surface area contributed by atoms with E-state index in [0.717, 1.165) is 0 Å². The van der Waals surface area contributed by atoms with Crippen molar-refractivity contribution in [3.05, 3.63) is 24.3 Å². The highest BCUT2D eigenvalue weighted by atomic mass is 16.3. The molecule has 0 atom stereocenters. The van der Waals surface area contributed by atoms with Crippen LogP contribution in [0.5, 0.6) is 5.75 Å². The van der Waals surface area contributed by atoms with Gasteiger partial charge in [0, 0.05) is 19.3 Å². The Morgan fingerprint density at radius 2 is 2.00 bits per heavy atom. The van der Waals surface area contributed by atoms with Crippen molar-refractivity contribution < 1.29 is 9.90 Å². The van der Waals surface area contributed by atoms with Crippen LogP contribution in [-0.4, -0.2) is 29.6 Å². The summed E-state index contributed by atoms with van der Waals surface area (Å²) in [5.41, 5.74) is 0.674. The van der Waals surface area contributed by atoms with Crippen molar-refractivity contribution >= 4 is 11.7 Å². The molecule has 0 aliphatic heterocycles. The van der Waals surface area contributed by atoms with Gasteiger partial charge in [-0.3, -0.25) is 0 Å². The molecule has 0 radical (unpaired) electrons. The van der Waals surface area contributed by atoms with Gasteiger partial charge in [0.15, 0.2) is 0 Å². The third kappa shape index (κ3) is 2.65. The first-order valence-electron chi connectivity index (χ1n) is 4.44. The molecule has 76 valence electrons. The molecular weight excluding hydrogens is 180 g/mol. The summed E-state index contributed by atoms with van der Waals surface area (Å²) in [4.78, 5) is 12.9. The summed E-state index contributed by atoms with van der Waals surface area (Å²) in [6.45, 7) is 2.56. The van der Waals surface area contributed by atoms with Crippen LogP contribution in [0.2, 0.25) is 0 Å². The van der Waals surface area contributed by atoms with Crippen LogP contribution in [0, 0.1) is 0 Å². The van der Waals surface area contributed by atoms with E-state index in [4.69, 9.17) is 5.11 Å². The van der Waals surface area contributed by atoms with Crippen molar-refractivity contribution in [1.29, 1.82) is 0 Å². The number of benzene rings is 1. The summed E-state index contributed by atoms with van der Waals surface area (Å²) in [6, 6.07) is 6.20. The van der Waals surface area contributed by atoms with Crippen molar-refractivity contribution in [2.75, 3.05) is 18.9 Å². The molecule has 0 fully saturated rings. The quantitative estimate of drug-likeness (QED) is 0.706. The first kappa shape index (κ1) is 10.4. The van der Waals surface area contributed by atoms with Gasteiger partial charge >= 0.3 is 6.03 Å². The van der Waals surface area contributed by atoms with Crippen LogP contribution in [0.25, 0.3) is 0 Å². The topological polar surface area (TPSA) is 52.6 Å². The third-order valence-electron chi connectivity index (χ3n) is 1.94. The van der Waals surface area contributed by atoms with Gasteiger partial charge in [-0.1, -0.05) is 0 Å². The molecule has 1 rings (SSSR count). The number of aromatic hydroxyl groups is 1. The molecule has 1 aromatic carbocycles. The Morgan fingerprint density at radius 3 is 2.50 bits per heavy atom. The van der Waals surface area contributed by atoms with E-state index >= 15 is 0 Å². The number of hydrogen-bond acceptors (Lipinski definition) is 2. The molecular formula is C10H14N2O2. The van der Waals surface area contributed by atoms with Gasteiger partial charge < -0.3 is 15.3 Å². The minimum absolute atomic E-state index is 0.154.